The van der Waals surface area contributed by atoms with E-state index < -0.39 is 9.84 Å². The van der Waals surface area contributed by atoms with E-state index in [-0.39, 0.29) is 23.5 Å². The lowest BCUT2D eigenvalue weighted by Crippen LogP contribution is -2.42. The first-order valence-electron chi connectivity index (χ1n) is 9.15. The summed E-state index contributed by atoms with van der Waals surface area (Å²) in [5.41, 5.74) is 2.15. The lowest BCUT2D eigenvalue weighted by molar-refractivity contribution is -0.130. The Kier molecular flexibility index (Phi) is 6.59. The van der Waals surface area contributed by atoms with E-state index in [4.69, 9.17) is 0 Å². The Hall–Kier alpha value is -1.80. The molecule has 0 radical (unpaired) electrons. The fraction of sp³-hybridized carbons (Fsp3) is 0.474. The maximum atomic E-state index is 12.6. The molecule has 1 aliphatic heterocycles. The second-order valence-corrected chi connectivity index (χ2v) is 9.97. The Bertz CT molecular complexity index is 849. The summed E-state index contributed by atoms with van der Waals surface area (Å²) in [4.78, 5) is 14.4. The third kappa shape index (κ3) is 5.35. The minimum atomic E-state index is -2.99. The number of sulfone groups is 1. The molecule has 1 aromatic heterocycles. The van der Waals surface area contributed by atoms with Crippen molar-refractivity contribution in [3.8, 4) is 5.69 Å². The molecule has 8 heteroatoms. The van der Waals surface area contributed by atoms with Crippen LogP contribution in [0.5, 0.6) is 0 Å². The van der Waals surface area contributed by atoms with E-state index in [1.807, 2.05) is 43.5 Å². The standard InChI is InChI=1S/C19H25N3O3S2/c1-2-10-21(18-8-12-27(24,25)15-18)19(23)14-26-13-16-4-6-17(7-5-16)22-11-3-9-20-22/h3-7,9,11,18H,2,8,10,12-15H2,1H3/t18-/m1/s1. The van der Waals surface area contributed by atoms with Gasteiger partial charge in [-0.2, -0.15) is 5.10 Å². The van der Waals surface area contributed by atoms with Crippen molar-refractivity contribution in [2.45, 2.75) is 31.6 Å². The SMILES string of the molecule is CCCN(C(=O)CSCc1ccc(-n2cccn2)cc1)[C@@H]1CCS(=O)(=O)C1. The fourth-order valence-electron chi connectivity index (χ4n) is 3.28. The first-order valence-corrected chi connectivity index (χ1v) is 12.1. The van der Waals surface area contributed by atoms with Crippen LogP contribution in [0, 0.1) is 0 Å². The lowest BCUT2D eigenvalue weighted by Gasteiger charge is -2.27. The van der Waals surface area contributed by atoms with Crippen LogP contribution >= 0.6 is 11.8 Å². The van der Waals surface area contributed by atoms with Crippen molar-refractivity contribution in [3.63, 3.8) is 0 Å². The van der Waals surface area contributed by atoms with Gasteiger partial charge in [-0.3, -0.25) is 4.79 Å². The smallest absolute Gasteiger partial charge is 0.232 e. The zero-order valence-corrected chi connectivity index (χ0v) is 17.1. The van der Waals surface area contributed by atoms with Crippen LogP contribution in [0.15, 0.2) is 42.7 Å². The van der Waals surface area contributed by atoms with Gasteiger partial charge in [0.1, 0.15) is 0 Å². The fourth-order valence-corrected chi connectivity index (χ4v) is 5.88. The van der Waals surface area contributed by atoms with Crippen LogP contribution in [0.3, 0.4) is 0 Å². The summed E-state index contributed by atoms with van der Waals surface area (Å²) >= 11 is 1.57. The van der Waals surface area contributed by atoms with Gasteiger partial charge in [0.15, 0.2) is 9.84 Å². The molecule has 0 saturated carbocycles. The molecule has 0 spiro atoms. The number of amides is 1. The molecule has 0 N–H and O–H groups in total. The number of rotatable bonds is 8. The Labute approximate surface area is 164 Å². The molecule has 2 heterocycles. The van der Waals surface area contributed by atoms with Gasteiger partial charge in [0, 0.05) is 30.7 Å². The van der Waals surface area contributed by atoms with Gasteiger partial charge in [0.25, 0.3) is 0 Å². The molecule has 27 heavy (non-hydrogen) atoms. The third-order valence-electron chi connectivity index (χ3n) is 4.63. The number of carbonyl (C=O) groups excluding carboxylic acids is 1. The molecule has 6 nitrogen and oxygen atoms in total. The van der Waals surface area contributed by atoms with Crippen molar-refractivity contribution >= 4 is 27.5 Å². The average molecular weight is 408 g/mol. The summed E-state index contributed by atoms with van der Waals surface area (Å²) in [7, 11) is -2.99. The molecule has 0 unspecified atom stereocenters. The van der Waals surface area contributed by atoms with Crippen LogP contribution in [0.2, 0.25) is 0 Å². The number of hydrogen-bond donors (Lipinski definition) is 0. The Morgan fingerprint density at radius 2 is 2.11 bits per heavy atom. The normalized spacial score (nSPS) is 18.5. The minimum Gasteiger partial charge on any atom is -0.338 e. The molecular formula is C19H25N3O3S2. The molecule has 2 aromatic rings. The van der Waals surface area contributed by atoms with Gasteiger partial charge < -0.3 is 4.90 Å². The van der Waals surface area contributed by atoms with Crippen LogP contribution < -0.4 is 0 Å². The molecule has 0 aliphatic carbocycles. The highest BCUT2D eigenvalue weighted by atomic mass is 32.2. The van der Waals surface area contributed by atoms with Crippen LogP contribution in [0.25, 0.3) is 5.69 Å². The van der Waals surface area contributed by atoms with Crippen LogP contribution in [-0.2, 0) is 20.4 Å². The maximum Gasteiger partial charge on any atom is 0.232 e. The van der Waals surface area contributed by atoms with E-state index >= 15 is 0 Å². The predicted molar refractivity (Wildman–Crippen MR) is 109 cm³/mol. The summed E-state index contributed by atoms with van der Waals surface area (Å²) in [6.45, 7) is 2.64. The van der Waals surface area contributed by atoms with Crippen molar-refractivity contribution in [2.24, 2.45) is 0 Å². The van der Waals surface area contributed by atoms with Crippen molar-refractivity contribution in [1.82, 2.24) is 14.7 Å². The summed E-state index contributed by atoms with van der Waals surface area (Å²) in [6, 6.07) is 9.84. The summed E-state index contributed by atoms with van der Waals surface area (Å²) in [5, 5.41) is 4.20. The van der Waals surface area contributed by atoms with E-state index in [1.165, 1.54) is 0 Å². The topological polar surface area (TPSA) is 72.3 Å². The van der Waals surface area contributed by atoms with Crippen molar-refractivity contribution in [3.05, 3.63) is 48.3 Å². The molecule has 1 aromatic carbocycles. The molecule has 1 amide bonds. The zero-order valence-electron chi connectivity index (χ0n) is 15.5. The highest BCUT2D eigenvalue weighted by Crippen LogP contribution is 2.21. The van der Waals surface area contributed by atoms with Crippen molar-refractivity contribution in [1.29, 1.82) is 0 Å². The highest BCUT2D eigenvalue weighted by Gasteiger charge is 2.33. The van der Waals surface area contributed by atoms with Gasteiger partial charge in [-0.25, -0.2) is 13.1 Å². The van der Waals surface area contributed by atoms with Gasteiger partial charge in [0.2, 0.25) is 5.91 Å². The van der Waals surface area contributed by atoms with Gasteiger partial charge >= 0.3 is 0 Å². The van der Waals surface area contributed by atoms with Crippen molar-refractivity contribution in [2.75, 3.05) is 23.8 Å². The average Bonchev–Trinajstić information content (AvgIpc) is 3.30. The minimum absolute atomic E-state index is 0.0390. The van der Waals surface area contributed by atoms with Gasteiger partial charge in [-0.1, -0.05) is 19.1 Å². The zero-order chi connectivity index (χ0) is 19.3. The second-order valence-electron chi connectivity index (χ2n) is 6.75. The first-order chi connectivity index (χ1) is 13.0. The molecule has 1 fully saturated rings. The molecular weight excluding hydrogens is 382 g/mol. The van der Waals surface area contributed by atoms with Gasteiger partial charge in [-0.15, -0.1) is 11.8 Å². The van der Waals surface area contributed by atoms with E-state index in [1.54, 1.807) is 27.5 Å². The Morgan fingerprint density at radius 3 is 2.70 bits per heavy atom. The van der Waals surface area contributed by atoms with Crippen molar-refractivity contribution < 1.29 is 13.2 Å². The van der Waals surface area contributed by atoms with Crippen LogP contribution in [0.1, 0.15) is 25.3 Å². The number of carbonyl (C=O) groups is 1. The molecule has 146 valence electrons. The van der Waals surface area contributed by atoms with E-state index in [0.29, 0.717) is 18.7 Å². The highest BCUT2D eigenvalue weighted by molar-refractivity contribution is 7.99. The summed E-state index contributed by atoms with van der Waals surface area (Å²) in [6.07, 6.45) is 5.04. The molecule has 1 atom stereocenters. The third-order valence-corrected chi connectivity index (χ3v) is 7.37. The molecule has 0 bridgehead atoms. The number of aromatic nitrogens is 2. The number of thioether (sulfide) groups is 1. The van der Waals surface area contributed by atoms with Crippen LogP contribution in [-0.4, -0.2) is 58.9 Å². The molecule has 1 saturated heterocycles. The monoisotopic (exact) mass is 407 g/mol. The predicted octanol–water partition coefficient (Wildman–Crippen LogP) is 2.53. The number of benzene rings is 1. The van der Waals surface area contributed by atoms with E-state index in [0.717, 1.165) is 23.4 Å². The molecule has 1 aliphatic rings. The van der Waals surface area contributed by atoms with E-state index in [2.05, 4.69) is 5.10 Å². The Balaban J connectivity index is 1.51. The second kappa shape index (κ2) is 8.93. The molecule has 3 rings (SSSR count). The summed E-state index contributed by atoms with van der Waals surface area (Å²) in [5.74, 6) is 1.46. The largest absolute Gasteiger partial charge is 0.338 e. The first kappa shape index (κ1) is 19.9. The lowest BCUT2D eigenvalue weighted by atomic mass is 10.2. The quantitative estimate of drug-likeness (QED) is 0.672. The number of nitrogens with zero attached hydrogens (tertiary/aromatic N) is 3. The van der Waals surface area contributed by atoms with Gasteiger partial charge in [-0.05, 0) is 36.6 Å². The van der Waals surface area contributed by atoms with Crippen LogP contribution in [0.4, 0.5) is 0 Å². The van der Waals surface area contributed by atoms with Gasteiger partial charge in [0.05, 0.1) is 22.9 Å². The number of hydrogen-bond acceptors (Lipinski definition) is 5. The summed E-state index contributed by atoms with van der Waals surface area (Å²) < 4.78 is 25.3. The maximum absolute atomic E-state index is 12.6. The Morgan fingerprint density at radius 1 is 1.33 bits per heavy atom. The van der Waals surface area contributed by atoms with E-state index in [9.17, 15) is 13.2 Å².